The third kappa shape index (κ3) is 5.56. The molecule has 11 heteroatoms. The lowest BCUT2D eigenvalue weighted by molar-refractivity contribution is -0.114. The second kappa shape index (κ2) is 10.5. The van der Waals surface area contributed by atoms with Gasteiger partial charge in [0.25, 0.3) is 5.91 Å². The number of amides is 3. The van der Waals surface area contributed by atoms with Gasteiger partial charge in [-0.05, 0) is 54.6 Å². The van der Waals surface area contributed by atoms with Gasteiger partial charge in [0.05, 0.1) is 29.8 Å². The Morgan fingerprint density at radius 2 is 2.00 bits per heavy atom. The van der Waals surface area contributed by atoms with E-state index in [1.807, 2.05) is 0 Å². The summed E-state index contributed by atoms with van der Waals surface area (Å²) in [6.07, 6.45) is 3.01. The van der Waals surface area contributed by atoms with E-state index in [0.717, 1.165) is 11.8 Å². The highest BCUT2D eigenvalue weighted by Gasteiger charge is 2.33. The molecule has 2 heterocycles. The average molecular weight is 511 g/mol. The molecule has 0 spiro atoms. The number of nitrogens with one attached hydrogen (secondary N) is 1. The molecule has 2 aromatic carbocycles. The van der Waals surface area contributed by atoms with Gasteiger partial charge in [-0.25, -0.2) is 4.99 Å². The number of primary amides is 1. The summed E-state index contributed by atoms with van der Waals surface area (Å²) < 4.78 is 10.5. The molecule has 0 bridgehead atoms. The number of nitrogens with two attached hydrogens (primary N) is 1. The second-order valence-electron chi connectivity index (χ2n) is 7.18. The van der Waals surface area contributed by atoms with E-state index < -0.39 is 11.8 Å². The van der Waals surface area contributed by atoms with Gasteiger partial charge >= 0.3 is 0 Å². The van der Waals surface area contributed by atoms with Crippen molar-refractivity contribution in [3.8, 4) is 5.75 Å². The highest BCUT2D eigenvalue weighted by Crippen LogP contribution is 2.34. The number of carbonyl (C=O) groups excluding carboxylic acids is 3. The van der Waals surface area contributed by atoms with Gasteiger partial charge in [0, 0.05) is 17.3 Å². The molecule has 3 N–H and O–H groups in total. The van der Waals surface area contributed by atoms with Gasteiger partial charge in [-0.2, -0.15) is 0 Å². The van der Waals surface area contributed by atoms with Crippen LogP contribution in [0.1, 0.15) is 16.1 Å². The fourth-order valence-corrected chi connectivity index (χ4v) is 4.23. The molecule has 4 rings (SSSR count). The minimum atomic E-state index is -0.556. The quantitative estimate of drug-likeness (QED) is 0.459. The predicted octanol–water partition coefficient (Wildman–Crippen LogP) is 4.16. The molecule has 1 aliphatic heterocycles. The molecule has 0 saturated heterocycles. The van der Waals surface area contributed by atoms with Crippen LogP contribution in [0.4, 0.5) is 11.4 Å². The zero-order chi connectivity index (χ0) is 24.9. The van der Waals surface area contributed by atoms with Crippen LogP contribution in [-0.4, -0.2) is 35.8 Å². The van der Waals surface area contributed by atoms with E-state index in [2.05, 4.69) is 10.3 Å². The van der Waals surface area contributed by atoms with Crippen LogP contribution < -0.4 is 20.7 Å². The molecule has 35 heavy (non-hydrogen) atoms. The summed E-state index contributed by atoms with van der Waals surface area (Å²) in [6, 6.07) is 14.5. The molecular formula is C24H19ClN4O5S. The minimum absolute atomic E-state index is 0.0297. The van der Waals surface area contributed by atoms with Gasteiger partial charge < -0.3 is 20.2 Å². The van der Waals surface area contributed by atoms with Crippen molar-refractivity contribution >= 4 is 63.7 Å². The van der Waals surface area contributed by atoms with Gasteiger partial charge in [-0.3, -0.25) is 19.3 Å². The first kappa shape index (κ1) is 24.1. The van der Waals surface area contributed by atoms with Crippen molar-refractivity contribution < 1.29 is 23.5 Å². The standard InChI is InChI=1S/C24H19ClN4O5S/c1-33-20-9-8-16(11-18(20)25)29-23(32)19(12-17-3-2-10-34-17)28-24(29)35-13-21(30)27-15-6-4-14(5-7-15)22(26)31/h2-12H,13H2,1H3,(H2,26,31)(H,27,30)/b19-12-. The molecule has 0 aliphatic carbocycles. The van der Waals surface area contributed by atoms with Crippen molar-refractivity contribution in [2.45, 2.75) is 0 Å². The normalized spacial score (nSPS) is 14.2. The number of furan rings is 1. The third-order valence-electron chi connectivity index (χ3n) is 4.83. The summed E-state index contributed by atoms with van der Waals surface area (Å²) in [6.45, 7) is 0. The number of carbonyl (C=O) groups is 3. The highest BCUT2D eigenvalue weighted by atomic mass is 35.5. The number of amidine groups is 1. The number of thioether (sulfide) groups is 1. The third-order valence-corrected chi connectivity index (χ3v) is 6.06. The van der Waals surface area contributed by atoms with E-state index in [4.69, 9.17) is 26.5 Å². The van der Waals surface area contributed by atoms with Gasteiger partial charge in [0.2, 0.25) is 11.8 Å². The summed E-state index contributed by atoms with van der Waals surface area (Å²) in [5.74, 6) is -0.382. The Balaban J connectivity index is 1.54. The monoisotopic (exact) mass is 510 g/mol. The van der Waals surface area contributed by atoms with Gasteiger partial charge in [0.15, 0.2) is 5.17 Å². The van der Waals surface area contributed by atoms with Crippen molar-refractivity contribution in [3.05, 3.63) is 82.9 Å². The fourth-order valence-electron chi connectivity index (χ4n) is 3.17. The molecule has 0 saturated carbocycles. The number of hydrogen-bond acceptors (Lipinski definition) is 7. The van der Waals surface area contributed by atoms with Crippen LogP contribution in [0.15, 0.2) is 76.0 Å². The first-order chi connectivity index (χ1) is 16.9. The number of anilines is 2. The smallest absolute Gasteiger partial charge is 0.283 e. The number of nitrogens with zero attached hydrogens (tertiary/aromatic N) is 2. The van der Waals surface area contributed by atoms with Crippen LogP contribution in [0.5, 0.6) is 5.75 Å². The molecule has 0 fully saturated rings. The molecule has 1 aliphatic rings. The molecule has 0 radical (unpaired) electrons. The van der Waals surface area contributed by atoms with Crippen molar-refractivity contribution in [3.63, 3.8) is 0 Å². The second-order valence-corrected chi connectivity index (χ2v) is 8.53. The van der Waals surface area contributed by atoms with Gasteiger partial charge in [-0.15, -0.1) is 0 Å². The lowest BCUT2D eigenvalue weighted by Gasteiger charge is -2.18. The summed E-state index contributed by atoms with van der Waals surface area (Å²) in [5.41, 5.74) is 6.69. The SMILES string of the molecule is COc1ccc(N2C(=O)/C(=C/c3ccco3)N=C2SCC(=O)Nc2ccc(C(N)=O)cc2)cc1Cl. The van der Waals surface area contributed by atoms with Gasteiger partial charge in [0.1, 0.15) is 17.2 Å². The summed E-state index contributed by atoms with van der Waals surface area (Å²) in [5, 5.41) is 3.35. The number of hydrogen-bond donors (Lipinski definition) is 2. The minimum Gasteiger partial charge on any atom is -0.495 e. The molecular weight excluding hydrogens is 492 g/mol. The van der Waals surface area contributed by atoms with Crippen molar-refractivity contribution in [2.24, 2.45) is 10.7 Å². The molecule has 3 amide bonds. The number of aliphatic imine (C=N–C) groups is 1. The number of benzene rings is 2. The Morgan fingerprint density at radius 3 is 2.63 bits per heavy atom. The Labute approximate surface area is 209 Å². The Kier molecular flexibility index (Phi) is 7.23. The lowest BCUT2D eigenvalue weighted by Crippen LogP contribution is -2.31. The van der Waals surface area contributed by atoms with E-state index in [1.54, 1.807) is 42.5 Å². The van der Waals surface area contributed by atoms with Crippen LogP contribution in [0.25, 0.3) is 6.08 Å². The predicted molar refractivity (Wildman–Crippen MR) is 136 cm³/mol. The summed E-state index contributed by atoms with van der Waals surface area (Å²) in [7, 11) is 1.49. The van der Waals surface area contributed by atoms with Crippen LogP contribution >= 0.6 is 23.4 Å². The molecule has 0 atom stereocenters. The van der Waals surface area contributed by atoms with E-state index in [9.17, 15) is 14.4 Å². The zero-order valence-corrected chi connectivity index (χ0v) is 19.9. The number of methoxy groups -OCH3 is 1. The van der Waals surface area contributed by atoms with Crippen LogP contribution in [0.3, 0.4) is 0 Å². The van der Waals surface area contributed by atoms with E-state index in [-0.39, 0.29) is 17.4 Å². The summed E-state index contributed by atoms with van der Waals surface area (Å²) >= 11 is 7.35. The molecule has 3 aromatic rings. The maximum atomic E-state index is 13.2. The Bertz CT molecular complexity index is 1340. The fraction of sp³-hybridized carbons (Fsp3) is 0.0833. The molecule has 1 aromatic heterocycles. The number of halogens is 1. The number of ether oxygens (including phenoxy) is 1. The molecule has 178 valence electrons. The Hall–Kier alpha value is -4.02. The first-order valence-electron chi connectivity index (χ1n) is 10.2. The van der Waals surface area contributed by atoms with Crippen molar-refractivity contribution in [1.82, 2.24) is 0 Å². The maximum absolute atomic E-state index is 13.2. The molecule has 0 unspecified atom stereocenters. The van der Waals surface area contributed by atoms with E-state index in [1.165, 1.54) is 36.5 Å². The topological polar surface area (TPSA) is 127 Å². The van der Waals surface area contributed by atoms with Crippen molar-refractivity contribution in [2.75, 3.05) is 23.1 Å². The van der Waals surface area contributed by atoms with Crippen LogP contribution in [-0.2, 0) is 9.59 Å². The van der Waals surface area contributed by atoms with E-state index >= 15 is 0 Å². The van der Waals surface area contributed by atoms with E-state index in [0.29, 0.717) is 38.6 Å². The van der Waals surface area contributed by atoms with Gasteiger partial charge in [-0.1, -0.05) is 23.4 Å². The first-order valence-corrected chi connectivity index (χ1v) is 11.6. The largest absolute Gasteiger partial charge is 0.495 e. The maximum Gasteiger partial charge on any atom is 0.283 e. The average Bonchev–Trinajstić information content (AvgIpc) is 3.46. The van der Waals surface area contributed by atoms with Crippen LogP contribution in [0.2, 0.25) is 5.02 Å². The van der Waals surface area contributed by atoms with Crippen molar-refractivity contribution in [1.29, 1.82) is 0 Å². The zero-order valence-electron chi connectivity index (χ0n) is 18.4. The lowest BCUT2D eigenvalue weighted by atomic mass is 10.2. The summed E-state index contributed by atoms with van der Waals surface area (Å²) in [4.78, 5) is 42.8. The Morgan fingerprint density at radius 1 is 1.23 bits per heavy atom. The number of rotatable bonds is 7. The highest BCUT2D eigenvalue weighted by molar-refractivity contribution is 8.14. The molecule has 9 nitrogen and oxygen atoms in total. The van der Waals surface area contributed by atoms with Crippen LogP contribution in [0, 0.1) is 0 Å².